The minimum atomic E-state index is -0.897. The molecular formula is C22H21ClN2O5. The molecule has 1 amide bonds. The predicted molar refractivity (Wildman–Crippen MR) is 113 cm³/mol. The summed E-state index contributed by atoms with van der Waals surface area (Å²) in [7, 11) is 0. The Hall–Kier alpha value is -3.45. The molecule has 0 spiro atoms. The molecule has 0 bridgehead atoms. The van der Waals surface area contributed by atoms with Crippen LogP contribution in [0.3, 0.4) is 0 Å². The molecule has 0 N–H and O–H groups in total. The van der Waals surface area contributed by atoms with Crippen LogP contribution < -0.4 is 0 Å². The topological polar surface area (TPSA) is 85.3 Å². The van der Waals surface area contributed by atoms with Crippen LogP contribution in [0.15, 0.2) is 71.5 Å². The van der Waals surface area contributed by atoms with Crippen molar-refractivity contribution in [1.82, 2.24) is 5.01 Å². The smallest absolute Gasteiger partial charge is 0.357 e. The first-order valence-electron chi connectivity index (χ1n) is 9.21. The van der Waals surface area contributed by atoms with E-state index in [1.54, 1.807) is 68.4 Å². The number of esters is 2. The van der Waals surface area contributed by atoms with E-state index < -0.39 is 17.8 Å². The highest BCUT2D eigenvalue weighted by Crippen LogP contribution is 2.17. The van der Waals surface area contributed by atoms with Crippen molar-refractivity contribution < 1.29 is 23.9 Å². The Morgan fingerprint density at radius 3 is 2.23 bits per heavy atom. The van der Waals surface area contributed by atoms with Crippen LogP contribution in [0.4, 0.5) is 0 Å². The highest BCUT2D eigenvalue weighted by atomic mass is 35.5. The molecule has 0 aliphatic rings. The van der Waals surface area contributed by atoms with Gasteiger partial charge in [0, 0.05) is 16.1 Å². The number of benzene rings is 2. The second-order valence-corrected chi connectivity index (χ2v) is 6.16. The van der Waals surface area contributed by atoms with Crippen LogP contribution in [0.2, 0.25) is 5.02 Å². The van der Waals surface area contributed by atoms with E-state index in [9.17, 15) is 14.4 Å². The van der Waals surface area contributed by atoms with Crippen molar-refractivity contribution in [2.75, 3.05) is 13.2 Å². The zero-order chi connectivity index (χ0) is 21.9. The van der Waals surface area contributed by atoms with Gasteiger partial charge in [0.05, 0.1) is 25.5 Å². The highest BCUT2D eigenvalue weighted by molar-refractivity contribution is 6.33. The minimum Gasteiger partial charge on any atom is -0.463 e. The molecule has 0 radical (unpaired) electrons. The van der Waals surface area contributed by atoms with E-state index in [0.717, 1.165) is 11.1 Å². The molecule has 2 rings (SSSR count). The Bertz CT molecular complexity index is 957. The first-order chi connectivity index (χ1) is 14.5. The van der Waals surface area contributed by atoms with E-state index in [1.165, 1.54) is 6.21 Å². The van der Waals surface area contributed by atoms with Crippen LogP contribution in [-0.4, -0.2) is 42.3 Å². The first kappa shape index (κ1) is 22.8. The van der Waals surface area contributed by atoms with Crippen LogP contribution in [-0.2, 0) is 19.1 Å². The molecule has 156 valence electrons. The fourth-order valence-corrected chi connectivity index (χ4v) is 2.52. The summed E-state index contributed by atoms with van der Waals surface area (Å²) >= 11 is 6.15. The molecular weight excluding hydrogens is 408 g/mol. The van der Waals surface area contributed by atoms with Gasteiger partial charge in [-0.3, -0.25) is 4.79 Å². The number of hydrazone groups is 1. The van der Waals surface area contributed by atoms with Gasteiger partial charge in [-0.1, -0.05) is 48.0 Å². The van der Waals surface area contributed by atoms with E-state index in [4.69, 9.17) is 21.1 Å². The fourth-order valence-electron chi connectivity index (χ4n) is 2.33. The monoisotopic (exact) mass is 428 g/mol. The maximum absolute atomic E-state index is 13.1. The van der Waals surface area contributed by atoms with Crippen molar-refractivity contribution in [3.63, 3.8) is 0 Å². The molecule has 0 aliphatic heterocycles. The number of nitrogens with zero attached hydrogens (tertiary/aromatic N) is 2. The lowest BCUT2D eigenvalue weighted by Gasteiger charge is -2.19. The maximum Gasteiger partial charge on any atom is 0.357 e. The van der Waals surface area contributed by atoms with E-state index >= 15 is 0 Å². The van der Waals surface area contributed by atoms with Gasteiger partial charge in [0.15, 0.2) is 5.70 Å². The molecule has 2 aromatic carbocycles. The molecule has 0 aromatic heterocycles. The Kier molecular flexibility index (Phi) is 8.77. The molecule has 0 saturated heterocycles. The largest absolute Gasteiger partial charge is 0.463 e. The number of amides is 1. The fraction of sp³-hybridized carbons (Fsp3) is 0.182. The highest BCUT2D eigenvalue weighted by Gasteiger charge is 2.27. The summed E-state index contributed by atoms with van der Waals surface area (Å²) in [6, 6.07) is 15.1. The Morgan fingerprint density at radius 1 is 0.967 bits per heavy atom. The average Bonchev–Trinajstić information content (AvgIpc) is 2.75. The van der Waals surface area contributed by atoms with Gasteiger partial charge in [-0.05, 0) is 32.0 Å². The summed E-state index contributed by atoms with van der Waals surface area (Å²) in [5, 5.41) is 5.35. The van der Waals surface area contributed by atoms with E-state index in [1.807, 2.05) is 0 Å². The first-order valence-corrected chi connectivity index (χ1v) is 9.59. The Balaban J connectivity index is 2.55. The van der Waals surface area contributed by atoms with Crippen molar-refractivity contribution in [3.05, 3.63) is 82.5 Å². The van der Waals surface area contributed by atoms with Crippen LogP contribution in [0, 0.1) is 0 Å². The zero-order valence-corrected chi connectivity index (χ0v) is 17.3. The van der Waals surface area contributed by atoms with Crippen LogP contribution in [0.5, 0.6) is 0 Å². The van der Waals surface area contributed by atoms with E-state index in [2.05, 4.69) is 5.10 Å². The lowest BCUT2D eigenvalue weighted by molar-refractivity contribution is -0.142. The van der Waals surface area contributed by atoms with Crippen LogP contribution >= 0.6 is 11.6 Å². The van der Waals surface area contributed by atoms with Gasteiger partial charge in [0.1, 0.15) is 0 Å². The third-order valence-corrected chi connectivity index (χ3v) is 4.03. The molecule has 0 fully saturated rings. The standard InChI is InChI=1S/C22H21ClN2O5/c1-3-29-20(26)14-19(22(28)30-4-2)25(21(27)16-10-6-5-7-11-16)24-15-17-12-8-9-13-18(17)23/h5-15H,3-4H2,1-2H3/b19-14-,24-15+. The van der Waals surface area contributed by atoms with Crippen molar-refractivity contribution >= 4 is 35.7 Å². The van der Waals surface area contributed by atoms with Crippen molar-refractivity contribution in [3.8, 4) is 0 Å². The van der Waals surface area contributed by atoms with Gasteiger partial charge in [0.2, 0.25) is 0 Å². The summed E-state index contributed by atoms with van der Waals surface area (Å²) in [4.78, 5) is 37.7. The molecule has 0 aliphatic carbocycles. The Morgan fingerprint density at radius 2 is 1.60 bits per heavy atom. The number of ether oxygens (including phenoxy) is 2. The number of rotatable bonds is 8. The van der Waals surface area contributed by atoms with Crippen LogP contribution in [0.1, 0.15) is 29.8 Å². The van der Waals surface area contributed by atoms with Gasteiger partial charge in [0.25, 0.3) is 5.91 Å². The summed E-state index contributed by atoms with van der Waals surface area (Å²) < 4.78 is 9.90. The summed E-state index contributed by atoms with van der Waals surface area (Å²) in [6.45, 7) is 3.37. The normalized spacial score (nSPS) is 11.2. The Labute approximate surface area is 179 Å². The lowest BCUT2D eigenvalue weighted by Crippen LogP contribution is -2.31. The quantitative estimate of drug-likeness (QED) is 0.276. The second-order valence-electron chi connectivity index (χ2n) is 5.75. The minimum absolute atomic E-state index is 0.0423. The van der Waals surface area contributed by atoms with Gasteiger partial charge >= 0.3 is 11.9 Å². The third kappa shape index (κ3) is 6.28. The van der Waals surface area contributed by atoms with Crippen molar-refractivity contribution in [2.45, 2.75) is 13.8 Å². The van der Waals surface area contributed by atoms with Crippen molar-refractivity contribution in [2.24, 2.45) is 5.10 Å². The molecule has 0 atom stereocenters. The number of halogens is 1. The second kappa shape index (κ2) is 11.5. The molecule has 2 aromatic rings. The molecule has 7 nitrogen and oxygen atoms in total. The zero-order valence-electron chi connectivity index (χ0n) is 16.6. The molecule has 0 unspecified atom stereocenters. The number of carbonyl (C=O) groups is 3. The van der Waals surface area contributed by atoms with Gasteiger partial charge in [-0.15, -0.1) is 0 Å². The molecule has 0 saturated carbocycles. The summed E-state index contributed by atoms with van der Waals surface area (Å²) in [5.41, 5.74) is 0.393. The predicted octanol–water partition coefficient (Wildman–Crippen LogP) is 3.83. The van der Waals surface area contributed by atoms with Gasteiger partial charge < -0.3 is 9.47 Å². The molecule has 8 heteroatoms. The third-order valence-electron chi connectivity index (χ3n) is 3.68. The lowest BCUT2D eigenvalue weighted by atomic mass is 10.2. The molecule has 30 heavy (non-hydrogen) atoms. The average molecular weight is 429 g/mol. The maximum atomic E-state index is 13.1. The number of hydrogen-bond acceptors (Lipinski definition) is 6. The van der Waals surface area contributed by atoms with Crippen LogP contribution in [0.25, 0.3) is 0 Å². The van der Waals surface area contributed by atoms with E-state index in [0.29, 0.717) is 10.6 Å². The SMILES string of the molecule is CCOC(=O)/C=C(/C(=O)OCC)N(/N=C/c1ccccc1Cl)C(=O)c1ccccc1. The van der Waals surface area contributed by atoms with Crippen molar-refractivity contribution in [1.29, 1.82) is 0 Å². The summed E-state index contributed by atoms with van der Waals surface area (Å²) in [5.74, 6) is -2.34. The summed E-state index contributed by atoms with van der Waals surface area (Å²) in [6.07, 6.45) is 2.20. The van der Waals surface area contributed by atoms with Gasteiger partial charge in [-0.25, -0.2) is 9.59 Å². The molecule has 0 heterocycles. The van der Waals surface area contributed by atoms with E-state index in [-0.39, 0.29) is 24.5 Å². The van der Waals surface area contributed by atoms with Gasteiger partial charge in [-0.2, -0.15) is 10.1 Å². The number of carbonyl (C=O) groups excluding carboxylic acids is 3. The number of hydrogen-bond donors (Lipinski definition) is 0.